The van der Waals surface area contributed by atoms with Crippen molar-refractivity contribution in [3.05, 3.63) is 0 Å². The summed E-state index contributed by atoms with van der Waals surface area (Å²) < 4.78 is 11.5. The van der Waals surface area contributed by atoms with Crippen molar-refractivity contribution in [2.45, 2.75) is 38.6 Å². The summed E-state index contributed by atoms with van der Waals surface area (Å²) in [6.45, 7) is 3.16. The van der Waals surface area contributed by atoms with E-state index < -0.39 is 0 Å². The average Bonchev–Trinajstić information content (AvgIpc) is 2.54. The molecule has 0 amide bonds. The standard InChI is InChI=1S/C10H18O2S/c1-8-6-13-7-9(8)12-10-4-2-3-5-11-10/h8-10H,2-7H2,1H3/t8-,9+,10?/m1/s1. The van der Waals surface area contributed by atoms with E-state index in [0.29, 0.717) is 12.0 Å². The molecule has 13 heavy (non-hydrogen) atoms. The highest BCUT2D eigenvalue weighted by Crippen LogP contribution is 2.28. The first-order valence-electron chi connectivity index (χ1n) is 5.21. The predicted octanol–water partition coefficient (Wildman–Crippen LogP) is 2.28. The molecule has 0 spiro atoms. The van der Waals surface area contributed by atoms with Gasteiger partial charge in [-0.05, 0) is 30.9 Å². The summed E-state index contributed by atoms with van der Waals surface area (Å²) in [5.41, 5.74) is 0. The van der Waals surface area contributed by atoms with Gasteiger partial charge in [0.2, 0.25) is 0 Å². The molecular weight excluding hydrogens is 184 g/mol. The zero-order valence-corrected chi connectivity index (χ0v) is 9.02. The smallest absolute Gasteiger partial charge is 0.158 e. The normalized spacial score (nSPS) is 40.8. The van der Waals surface area contributed by atoms with Crippen LogP contribution in [0.25, 0.3) is 0 Å². The highest BCUT2D eigenvalue weighted by Gasteiger charge is 2.28. The predicted molar refractivity (Wildman–Crippen MR) is 55.0 cm³/mol. The molecule has 0 aromatic carbocycles. The van der Waals surface area contributed by atoms with Crippen molar-refractivity contribution >= 4 is 11.8 Å². The molecule has 2 aliphatic heterocycles. The average molecular weight is 202 g/mol. The first-order valence-corrected chi connectivity index (χ1v) is 6.36. The van der Waals surface area contributed by atoms with E-state index in [1.54, 1.807) is 0 Å². The zero-order valence-electron chi connectivity index (χ0n) is 8.20. The maximum atomic E-state index is 5.92. The second-order valence-corrected chi connectivity index (χ2v) is 5.06. The highest BCUT2D eigenvalue weighted by molar-refractivity contribution is 7.99. The molecule has 0 aliphatic carbocycles. The van der Waals surface area contributed by atoms with Gasteiger partial charge in [-0.3, -0.25) is 0 Å². The lowest BCUT2D eigenvalue weighted by Gasteiger charge is -2.27. The van der Waals surface area contributed by atoms with E-state index in [-0.39, 0.29) is 6.29 Å². The van der Waals surface area contributed by atoms with Crippen LogP contribution >= 0.6 is 11.8 Å². The van der Waals surface area contributed by atoms with Crippen molar-refractivity contribution < 1.29 is 9.47 Å². The Morgan fingerprint density at radius 2 is 2.23 bits per heavy atom. The molecule has 2 saturated heterocycles. The molecule has 2 heterocycles. The summed E-state index contributed by atoms with van der Waals surface area (Å²) in [5, 5.41) is 0. The fraction of sp³-hybridized carbons (Fsp3) is 1.00. The third kappa shape index (κ3) is 2.61. The Balaban J connectivity index is 1.75. The molecular formula is C10H18O2S. The topological polar surface area (TPSA) is 18.5 Å². The van der Waals surface area contributed by atoms with Gasteiger partial charge in [0.25, 0.3) is 0 Å². The molecule has 0 aromatic heterocycles. The van der Waals surface area contributed by atoms with E-state index in [4.69, 9.17) is 9.47 Å². The zero-order chi connectivity index (χ0) is 9.10. The van der Waals surface area contributed by atoms with Crippen LogP contribution in [0.15, 0.2) is 0 Å². The van der Waals surface area contributed by atoms with Crippen molar-refractivity contribution in [2.24, 2.45) is 5.92 Å². The number of ether oxygens (including phenoxy) is 2. The van der Waals surface area contributed by atoms with E-state index in [9.17, 15) is 0 Å². The minimum absolute atomic E-state index is 0.0971. The summed E-state index contributed by atoms with van der Waals surface area (Å²) in [5.74, 6) is 3.11. The quantitative estimate of drug-likeness (QED) is 0.684. The van der Waals surface area contributed by atoms with Crippen molar-refractivity contribution in [3.8, 4) is 0 Å². The number of hydrogen-bond acceptors (Lipinski definition) is 3. The van der Waals surface area contributed by atoms with Gasteiger partial charge in [-0.2, -0.15) is 11.8 Å². The third-order valence-corrected chi connectivity index (χ3v) is 4.09. The Morgan fingerprint density at radius 3 is 2.85 bits per heavy atom. The Kier molecular flexibility index (Phi) is 3.52. The van der Waals surface area contributed by atoms with Crippen LogP contribution in [0.2, 0.25) is 0 Å². The van der Waals surface area contributed by atoms with Gasteiger partial charge in [-0.15, -0.1) is 0 Å². The molecule has 2 rings (SSSR count). The minimum atomic E-state index is 0.0971. The van der Waals surface area contributed by atoms with E-state index in [2.05, 4.69) is 6.92 Å². The summed E-state index contributed by atoms with van der Waals surface area (Å²) in [6.07, 6.45) is 4.09. The second-order valence-electron chi connectivity index (χ2n) is 3.99. The van der Waals surface area contributed by atoms with Gasteiger partial charge in [0.1, 0.15) is 0 Å². The van der Waals surface area contributed by atoms with E-state index in [1.165, 1.54) is 18.6 Å². The van der Waals surface area contributed by atoms with Crippen LogP contribution in [0.1, 0.15) is 26.2 Å². The summed E-state index contributed by atoms with van der Waals surface area (Å²) in [4.78, 5) is 0. The van der Waals surface area contributed by atoms with Crippen molar-refractivity contribution in [3.63, 3.8) is 0 Å². The molecule has 0 bridgehead atoms. The molecule has 2 fully saturated rings. The number of rotatable bonds is 2. The maximum absolute atomic E-state index is 5.92. The van der Waals surface area contributed by atoms with E-state index in [0.717, 1.165) is 18.8 Å². The monoisotopic (exact) mass is 202 g/mol. The lowest BCUT2D eigenvalue weighted by Crippen LogP contribution is -2.30. The lowest BCUT2D eigenvalue weighted by molar-refractivity contribution is -0.189. The van der Waals surface area contributed by atoms with Crippen molar-refractivity contribution in [1.29, 1.82) is 0 Å². The minimum Gasteiger partial charge on any atom is -0.353 e. The van der Waals surface area contributed by atoms with Crippen molar-refractivity contribution in [2.75, 3.05) is 18.1 Å². The van der Waals surface area contributed by atoms with Crippen LogP contribution < -0.4 is 0 Å². The van der Waals surface area contributed by atoms with Crippen LogP contribution in [-0.2, 0) is 9.47 Å². The fourth-order valence-electron chi connectivity index (χ4n) is 1.83. The molecule has 3 heteroatoms. The largest absolute Gasteiger partial charge is 0.353 e. The second kappa shape index (κ2) is 4.67. The van der Waals surface area contributed by atoms with Crippen LogP contribution in [0.5, 0.6) is 0 Å². The molecule has 76 valence electrons. The highest BCUT2D eigenvalue weighted by atomic mass is 32.2. The van der Waals surface area contributed by atoms with Gasteiger partial charge in [-0.25, -0.2) is 0 Å². The molecule has 0 radical (unpaired) electrons. The summed E-state index contributed by atoms with van der Waals surface area (Å²) in [7, 11) is 0. The van der Waals surface area contributed by atoms with Gasteiger partial charge in [-0.1, -0.05) is 6.92 Å². The Bertz CT molecular complexity index is 157. The van der Waals surface area contributed by atoms with Gasteiger partial charge < -0.3 is 9.47 Å². The third-order valence-electron chi connectivity index (χ3n) is 2.76. The maximum Gasteiger partial charge on any atom is 0.158 e. The van der Waals surface area contributed by atoms with Crippen molar-refractivity contribution in [1.82, 2.24) is 0 Å². The van der Waals surface area contributed by atoms with Crippen LogP contribution in [0.3, 0.4) is 0 Å². The molecule has 2 aliphatic rings. The van der Waals surface area contributed by atoms with Gasteiger partial charge in [0.15, 0.2) is 6.29 Å². The molecule has 3 atom stereocenters. The van der Waals surface area contributed by atoms with Gasteiger partial charge in [0.05, 0.1) is 6.10 Å². The van der Waals surface area contributed by atoms with Gasteiger partial charge >= 0.3 is 0 Å². The van der Waals surface area contributed by atoms with E-state index >= 15 is 0 Å². The number of hydrogen-bond donors (Lipinski definition) is 0. The molecule has 0 aromatic rings. The Hall–Kier alpha value is 0.270. The van der Waals surface area contributed by atoms with Crippen LogP contribution in [0, 0.1) is 5.92 Å². The lowest BCUT2D eigenvalue weighted by atomic mass is 10.1. The van der Waals surface area contributed by atoms with Gasteiger partial charge in [0, 0.05) is 12.4 Å². The fourth-order valence-corrected chi connectivity index (χ4v) is 3.19. The van der Waals surface area contributed by atoms with E-state index in [1.807, 2.05) is 11.8 Å². The Labute approximate surface area is 84.4 Å². The number of thioether (sulfide) groups is 1. The van der Waals surface area contributed by atoms with Crippen LogP contribution in [-0.4, -0.2) is 30.5 Å². The summed E-state index contributed by atoms with van der Waals surface area (Å²) >= 11 is 2.00. The molecule has 1 unspecified atom stereocenters. The first-order chi connectivity index (χ1) is 6.36. The molecule has 0 saturated carbocycles. The first kappa shape index (κ1) is 9.81. The summed E-state index contributed by atoms with van der Waals surface area (Å²) in [6, 6.07) is 0. The Morgan fingerprint density at radius 1 is 1.31 bits per heavy atom. The molecule has 0 N–H and O–H groups in total. The van der Waals surface area contributed by atoms with Crippen LogP contribution in [0.4, 0.5) is 0 Å². The molecule has 2 nitrogen and oxygen atoms in total. The SMILES string of the molecule is C[C@@H]1CSC[C@@H]1OC1CCCCO1.